The fourth-order valence-corrected chi connectivity index (χ4v) is 2.69. The molecule has 0 amide bonds. The first-order chi connectivity index (χ1) is 8.31. The summed E-state index contributed by atoms with van der Waals surface area (Å²) in [5.74, 6) is 0. The summed E-state index contributed by atoms with van der Waals surface area (Å²) < 4.78 is 1.19. The molecule has 4 heteroatoms. The quantitative estimate of drug-likeness (QED) is 0.814. The standard InChI is InChI=1S/C13H13N3S/c1-9-6-7-10(8-9)15-16-13-14-11-4-2-3-5-12(11)17-13/h2-5,8H,6-7H2,1H3,(H,14,16). The first kappa shape index (κ1) is 10.5. The van der Waals surface area contributed by atoms with Crippen LogP contribution < -0.4 is 5.43 Å². The molecule has 0 bridgehead atoms. The molecule has 86 valence electrons. The number of hydrogen-bond donors (Lipinski definition) is 1. The van der Waals surface area contributed by atoms with Crippen LogP contribution in [0.3, 0.4) is 0 Å². The highest BCUT2D eigenvalue weighted by atomic mass is 32.1. The summed E-state index contributed by atoms with van der Waals surface area (Å²) >= 11 is 1.63. The van der Waals surface area contributed by atoms with E-state index in [1.807, 2.05) is 18.2 Å². The van der Waals surface area contributed by atoms with Crippen LogP contribution in [0.5, 0.6) is 0 Å². The van der Waals surface area contributed by atoms with E-state index in [2.05, 4.69) is 34.6 Å². The summed E-state index contributed by atoms with van der Waals surface area (Å²) in [5, 5.41) is 5.24. The largest absolute Gasteiger partial charge is 0.252 e. The van der Waals surface area contributed by atoms with Crippen molar-refractivity contribution >= 4 is 32.4 Å². The number of hydrogen-bond acceptors (Lipinski definition) is 4. The molecule has 0 aliphatic heterocycles. The number of aromatic nitrogens is 1. The molecule has 0 atom stereocenters. The Morgan fingerprint density at radius 2 is 2.18 bits per heavy atom. The highest BCUT2D eigenvalue weighted by molar-refractivity contribution is 7.22. The number of allylic oxidation sites excluding steroid dienone is 2. The van der Waals surface area contributed by atoms with E-state index in [9.17, 15) is 0 Å². The van der Waals surface area contributed by atoms with Crippen LogP contribution in [0, 0.1) is 0 Å². The zero-order chi connectivity index (χ0) is 11.7. The first-order valence-electron chi connectivity index (χ1n) is 5.66. The Hall–Kier alpha value is -1.68. The predicted octanol–water partition coefficient (Wildman–Crippen LogP) is 3.80. The van der Waals surface area contributed by atoms with Gasteiger partial charge in [-0.3, -0.25) is 5.43 Å². The van der Waals surface area contributed by atoms with Crippen LogP contribution in [0.15, 0.2) is 41.0 Å². The average Bonchev–Trinajstić information content (AvgIpc) is 2.91. The lowest BCUT2D eigenvalue weighted by molar-refractivity contribution is 1.05. The monoisotopic (exact) mass is 243 g/mol. The van der Waals surface area contributed by atoms with E-state index in [0.717, 1.165) is 29.2 Å². The molecule has 1 aromatic carbocycles. The second-order valence-electron chi connectivity index (χ2n) is 4.19. The number of nitrogens with zero attached hydrogens (tertiary/aromatic N) is 2. The van der Waals surface area contributed by atoms with Gasteiger partial charge in [0.2, 0.25) is 5.13 Å². The van der Waals surface area contributed by atoms with Crippen LogP contribution in [0.2, 0.25) is 0 Å². The number of anilines is 1. The number of para-hydroxylation sites is 1. The zero-order valence-corrected chi connectivity index (χ0v) is 10.4. The minimum Gasteiger partial charge on any atom is -0.252 e. The molecule has 3 rings (SSSR count). The van der Waals surface area contributed by atoms with Crippen LogP contribution in [0.4, 0.5) is 5.13 Å². The molecule has 0 saturated heterocycles. The van der Waals surface area contributed by atoms with Crippen molar-refractivity contribution in [3.05, 3.63) is 35.9 Å². The maximum atomic E-state index is 4.47. The Kier molecular flexibility index (Phi) is 2.65. The molecule has 1 aliphatic rings. The highest BCUT2D eigenvalue weighted by Gasteiger charge is 2.07. The molecule has 0 saturated carbocycles. The SMILES string of the molecule is CC1=CC(=NNc2nc3ccccc3s2)CC1. The molecule has 1 heterocycles. The Bertz CT molecular complexity index is 577. The van der Waals surface area contributed by atoms with Gasteiger partial charge in [-0.05, 0) is 38.0 Å². The maximum absolute atomic E-state index is 4.47. The van der Waals surface area contributed by atoms with Crippen LogP contribution in [0.1, 0.15) is 19.8 Å². The van der Waals surface area contributed by atoms with Gasteiger partial charge in [0.25, 0.3) is 0 Å². The average molecular weight is 243 g/mol. The third-order valence-corrected chi connectivity index (χ3v) is 3.72. The lowest BCUT2D eigenvalue weighted by Crippen LogP contribution is -1.94. The zero-order valence-electron chi connectivity index (χ0n) is 9.60. The molecule has 1 N–H and O–H groups in total. The summed E-state index contributed by atoms with van der Waals surface area (Å²) in [6.07, 6.45) is 4.30. The minimum atomic E-state index is 0.858. The molecule has 0 radical (unpaired) electrons. The van der Waals surface area contributed by atoms with Gasteiger partial charge in [-0.15, -0.1) is 0 Å². The van der Waals surface area contributed by atoms with Gasteiger partial charge in [-0.1, -0.05) is 29.0 Å². The molecule has 17 heavy (non-hydrogen) atoms. The number of benzene rings is 1. The lowest BCUT2D eigenvalue weighted by Gasteiger charge is -1.94. The van der Waals surface area contributed by atoms with Gasteiger partial charge in [0.15, 0.2) is 0 Å². The Morgan fingerprint density at radius 3 is 2.94 bits per heavy atom. The van der Waals surface area contributed by atoms with Crippen molar-refractivity contribution in [2.45, 2.75) is 19.8 Å². The molecule has 0 fully saturated rings. The predicted molar refractivity (Wildman–Crippen MR) is 73.7 cm³/mol. The number of nitrogens with one attached hydrogen (secondary N) is 1. The fraction of sp³-hybridized carbons (Fsp3) is 0.231. The summed E-state index contributed by atoms with van der Waals surface area (Å²) in [7, 11) is 0. The van der Waals surface area contributed by atoms with Gasteiger partial charge in [-0.25, -0.2) is 4.98 Å². The van der Waals surface area contributed by atoms with Gasteiger partial charge < -0.3 is 0 Å². The maximum Gasteiger partial charge on any atom is 0.204 e. The smallest absolute Gasteiger partial charge is 0.204 e. The molecule has 1 aromatic heterocycles. The summed E-state index contributed by atoms with van der Waals surface area (Å²) in [6, 6.07) is 8.12. The van der Waals surface area contributed by atoms with Crippen molar-refractivity contribution in [2.24, 2.45) is 5.10 Å². The van der Waals surface area contributed by atoms with E-state index >= 15 is 0 Å². The number of hydrazone groups is 1. The molecule has 0 spiro atoms. The van der Waals surface area contributed by atoms with E-state index in [-0.39, 0.29) is 0 Å². The van der Waals surface area contributed by atoms with Crippen molar-refractivity contribution < 1.29 is 0 Å². The Morgan fingerprint density at radius 1 is 1.29 bits per heavy atom. The van der Waals surface area contributed by atoms with E-state index < -0.39 is 0 Å². The summed E-state index contributed by atoms with van der Waals surface area (Å²) in [6.45, 7) is 2.14. The Labute approximate surface area is 104 Å². The van der Waals surface area contributed by atoms with Crippen LogP contribution >= 0.6 is 11.3 Å². The van der Waals surface area contributed by atoms with Crippen molar-refractivity contribution in [1.82, 2.24) is 4.98 Å². The van der Waals surface area contributed by atoms with Gasteiger partial charge in [0.05, 0.1) is 15.9 Å². The number of fused-ring (bicyclic) bond motifs is 1. The van der Waals surface area contributed by atoms with Crippen molar-refractivity contribution in [2.75, 3.05) is 5.43 Å². The van der Waals surface area contributed by atoms with Crippen molar-refractivity contribution in [3.8, 4) is 0 Å². The lowest BCUT2D eigenvalue weighted by atomic mass is 10.3. The molecular weight excluding hydrogens is 230 g/mol. The van der Waals surface area contributed by atoms with Crippen LogP contribution in [0.25, 0.3) is 10.2 Å². The van der Waals surface area contributed by atoms with E-state index in [0.29, 0.717) is 0 Å². The Balaban J connectivity index is 1.81. The van der Waals surface area contributed by atoms with Gasteiger partial charge in [0, 0.05) is 0 Å². The molecule has 1 aliphatic carbocycles. The molecule has 0 unspecified atom stereocenters. The van der Waals surface area contributed by atoms with Crippen LogP contribution in [-0.2, 0) is 0 Å². The normalized spacial score (nSPS) is 17.7. The number of thiazole rings is 1. The summed E-state index contributed by atoms with van der Waals surface area (Å²) in [4.78, 5) is 4.47. The third kappa shape index (κ3) is 2.22. The topological polar surface area (TPSA) is 37.3 Å². The fourth-order valence-electron chi connectivity index (χ4n) is 1.88. The van der Waals surface area contributed by atoms with Gasteiger partial charge >= 0.3 is 0 Å². The number of rotatable bonds is 2. The highest BCUT2D eigenvalue weighted by Crippen LogP contribution is 2.25. The van der Waals surface area contributed by atoms with Gasteiger partial charge in [0.1, 0.15) is 0 Å². The summed E-state index contributed by atoms with van der Waals surface area (Å²) in [5.41, 5.74) is 6.58. The van der Waals surface area contributed by atoms with E-state index in [1.54, 1.807) is 11.3 Å². The minimum absolute atomic E-state index is 0.858. The van der Waals surface area contributed by atoms with E-state index in [4.69, 9.17) is 0 Å². The van der Waals surface area contributed by atoms with E-state index in [1.165, 1.54) is 10.3 Å². The first-order valence-corrected chi connectivity index (χ1v) is 6.48. The molecule has 2 aromatic rings. The van der Waals surface area contributed by atoms with Crippen molar-refractivity contribution in [1.29, 1.82) is 0 Å². The second kappa shape index (κ2) is 4.30. The molecular formula is C13H13N3S. The second-order valence-corrected chi connectivity index (χ2v) is 5.22. The third-order valence-electron chi connectivity index (χ3n) is 2.78. The molecule has 3 nitrogen and oxygen atoms in total. The van der Waals surface area contributed by atoms with Crippen LogP contribution in [-0.4, -0.2) is 10.7 Å². The van der Waals surface area contributed by atoms with Gasteiger partial charge in [-0.2, -0.15) is 5.10 Å². The van der Waals surface area contributed by atoms with Crippen molar-refractivity contribution in [3.63, 3.8) is 0 Å².